The Morgan fingerprint density at radius 3 is 2.25 bits per heavy atom. The summed E-state index contributed by atoms with van der Waals surface area (Å²) in [5.41, 5.74) is -3.67. The zero-order valence-corrected chi connectivity index (χ0v) is 18.2. The zero-order chi connectivity index (χ0) is 22.7. The number of para-hydroxylation sites is 1. The SMILES string of the molecule is O=C(CC(O)(c1nc2ccccc2s1)C(F)(F)F)OCC(=O)C12CC3CC(CC(C3)C1)C2. The number of ketones is 1. The van der Waals surface area contributed by atoms with Crippen molar-refractivity contribution >= 4 is 33.3 Å². The lowest BCUT2D eigenvalue weighted by molar-refractivity contribution is -0.269. The van der Waals surface area contributed by atoms with E-state index in [0.717, 1.165) is 38.5 Å². The lowest BCUT2D eigenvalue weighted by Gasteiger charge is -2.55. The third kappa shape index (κ3) is 3.63. The fourth-order valence-corrected chi connectivity index (χ4v) is 7.43. The molecule has 4 fully saturated rings. The highest BCUT2D eigenvalue weighted by molar-refractivity contribution is 7.18. The molecular weight excluding hydrogens is 443 g/mol. The van der Waals surface area contributed by atoms with Crippen LogP contribution >= 0.6 is 11.3 Å². The summed E-state index contributed by atoms with van der Waals surface area (Å²) >= 11 is 0.680. The number of alkyl halides is 3. The first-order valence-corrected chi connectivity index (χ1v) is 11.7. The molecule has 1 aromatic heterocycles. The maximum Gasteiger partial charge on any atom is 0.424 e. The van der Waals surface area contributed by atoms with Crippen LogP contribution in [0.1, 0.15) is 50.0 Å². The molecule has 6 rings (SSSR count). The summed E-state index contributed by atoms with van der Waals surface area (Å²) < 4.78 is 47.0. The highest BCUT2D eigenvalue weighted by Crippen LogP contribution is 2.60. The summed E-state index contributed by atoms with van der Waals surface area (Å²) in [5, 5.41) is 9.91. The van der Waals surface area contributed by atoms with E-state index in [2.05, 4.69) is 4.98 Å². The average Bonchev–Trinajstić information content (AvgIpc) is 3.15. The first-order chi connectivity index (χ1) is 15.1. The van der Waals surface area contributed by atoms with E-state index in [1.165, 1.54) is 6.07 Å². The van der Waals surface area contributed by atoms with Crippen molar-refractivity contribution in [3.05, 3.63) is 29.3 Å². The molecule has 5 nitrogen and oxygen atoms in total. The molecule has 4 aliphatic rings. The van der Waals surface area contributed by atoms with Crippen molar-refractivity contribution in [3.8, 4) is 0 Å². The third-order valence-corrected chi connectivity index (χ3v) is 8.70. The van der Waals surface area contributed by atoms with Gasteiger partial charge in [-0.15, -0.1) is 11.3 Å². The molecule has 0 radical (unpaired) electrons. The molecule has 0 amide bonds. The van der Waals surface area contributed by atoms with Crippen molar-refractivity contribution < 1.29 is 32.6 Å². The molecule has 0 aliphatic heterocycles. The van der Waals surface area contributed by atoms with Gasteiger partial charge in [-0.05, 0) is 68.4 Å². The van der Waals surface area contributed by atoms with Crippen LogP contribution in [-0.4, -0.2) is 34.6 Å². The van der Waals surface area contributed by atoms with Gasteiger partial charge in [0.05, 0.1) is 16.6 Å². The molecule has 1 N–H and O–H groups in total. The lowest BCUT2D eigenvalue weighted by Crippen LogP contribution is -2.51. The summed E-state index contributed by atoms with van der Waals surface area (Å²) in [6.07, 6.45) is -0.684. The van der Waals surface area contributed by atoms with Crippen molar-refractivity contribution in [1.82, 2.24) is 4.98 Å². The van der Waals surface area contributed by atoms with Gasteiger partial charge in [0, 0.05) is 5.41 Å². The Morgan fingerprint density at radius 1 is 1.09 bits per heavy atom. The van der Waals surface area contributed by atoms with Crippen LogP contribution in [0.25, 0.3) is 10.2 Å². The number of aromatic nitrogens is 1. The fourth-order valence-electron chi connectivity index (χ4n) is 6.36. The molecule has 1 heterocycles. The number of nitrogens with zero attached hydrogens (tertiary/aromatic N) is 1. The minimum Gasteiger partial charge on any atom is -0.458 e. The van der Waals surface area contributed by atoms with Gasteiger partial charge in [0.1, 0.15) is 5.01 Å². The van der Waals surface area contributed by atoms with Crippen LogP contribution < -0.4 is 0 Å². The quantitative estimate of drug-likeness (QED) is 0.620. The van der Waals surface area contributed by atoms with Gasteiger partial charge in [0.25, 0.3) is 0 Å². The zero-order valence-electron chi connectivity index (χ0n) is 17.4. The Hall–Kier alpha value is -2.00. The highest BCUT2D eigenvalue weighted by atomic mass is 32.1. The Labute approximate surface area is 187 Å². The number of halogens is 3. The van der Waals surface area contributed by atoms with E-state index in [1.807, 2.05) is 0 Å². The Balaban J connectivity index is 1.29. The number of carbonyl (C=O) groups excluding carboxylic acids is 2. The number of thiazole rings is 1. The molecule has 4 aliphatic carbocycles. The van der Waals surface area contributed by atoms with Crippen LogP contribution in [0.5, 0.6) is 0 Å². The molecule has 1 atom stereocenters. The minimum absolute atomic E-state index is 0.194. The second-order valence-corrected chi connectivity index (χ2v) is 10.8. The molecule has 0 spiro atoms. The van der Waals surface area contributed by atoms with Gasteiger partial charge in [-0.2, -0.15) is 13.2 Å². The molecule has 172 valence electrons. The molecule has 0 saturated heterocycles. The van der Waals surface area contributed by atoms with Crippen LogP contribution in [0.15, 0.2) is 24.3 Å². The first kappa shape index (κ1) is 21.8. The molecule has 4 saturated carbocycles. The van der Waals surface area contributed by atoms with E-state index >= 15 is 0 Å². The number of carbonyl (C=O) groups is 2. The lowest BCUT2D eigenvalue weighted by atomic mass is 9.48. The topological polar surface area (TPSA) is 76.5 Å². The summed E-state index contributed by atoms with van der Waals surface area (Å²) in [7, 11) is 0. The largest absolute Gasteiger partial charge is 0.458 e. The molecular formula is C23H24F3NO4S. The number of esters is 1. The number of fused-ring (bicyclic) bond motifs is 1. The summed E-state index contributed by atoms with van der Waals surface area (Å²) in [6, 6.07) is 6.41. The molecule has 1 unspecified atom stereocenters. The second kappa shape index (κ2) is 7.52. The second-order valence-electron chi connectivity index (χ2n) is 9.80. The van der Waals surface area contributed by atoms with Crippen molar-refractivity contribution in [2.75, 3.05) is 6.61 Å². The first-order valence-electron chi connectivity index (χ1n) is 10.9. The van der Waals surface area contributed by atoms with Gasteiger partial charge < -0.3 is 9.84 Å². The summed E-state index contributed by atoms with van der Waals surface area (Å²) in [6.45, 7) is -0.543. The Morgan fingerprint density at radius 2 is 1.69 bits per heavy atom. The van der Waals surface area contributed by atoms with Crippen LogP contribution in [0, 0.1) is 23.2 Å². The van der Waals surface area contributed by atoms with Crippen LogP contribution in [0.3, 0.4) is 0 Å². The van der Waals surface area contributed by atoms with E-state index in [1.54, 1.807) is 18.2 Å². The fraction of sp³-hybridized carbons (Fsp3) is 0.609. The van der Waals surface area contributed by atoms with Gasteiger partial charge in [0.15, 0.2) is 12.4 Å². The molecule has 32 heavy (non-hydrogen) atoms. The number of ether oxygens (including phenoxy) is 1. The smallest absolute Gasteiger partial charge is 0.424 e. The number of hydrogen-bond acceptors (Lipinski definition) is 6. The van der Waals surface area contributed by atoms with Crippen molar-refractivity contribution in [2.24, 2.45) is 23.2 Å². The number of hydrogen-bond donors (Lipinski definition) is 1. The highest BCUT2D eigenvalue weighted by Gasteiger charge is 2.59. The predicted molar refractivity (Wildman–Crippen MR) is 111 cm³/mol. The van der Waals surface area contributed by atoms with Crippen LogP contribution in [0.4, 0.5) is 13.2 Å². The van der Waals surface area contributed by atoms with Crippen LogP contribution in [0.2, 0.25) is 0 Å². The number of aliphatic hydroxyl groups is 1. The predicted octanol–water partition coefficient (Wildman–Crippen LogP) is 4.77. The Kier molecular flexibility index (Phi) is 5.13. The standard InChI is InChI=1S/C23H24F3NO4S/c24-23(25,26)22(30,20-27-16-3-1-2-4-17(16)32-20)11-19(29)31-12-18(28)21-8-13-5-14(9-21)7-15(6-13)10-21/h1-4,13-15,30H,5-12H2. The van der Waals surface area contributed by atoms with Gasteiger partial charge in [-0.3, -0.25) is 9.59 Å². The minimum atomic E-state index is -5.14. The van der Waals surface area contributed by atoms with E-state index < -0.39 is 41.2 Å². The van der Waals surface area contributed by atoms with E-state index in [-0.39, 0.29) is 5.78 Å². The summed E-state index contributed by atoms with van der Waals surface area (Å²) in [5.74, 6) is 0.114. The van der Waals surface area contributed by atoms with Crippen molar-refractivity contribution in [2.45, 2.75) is 56.7 Å². The molecule has 2 aromatic rings. The Bertz CT molecular complexity index is 997. The molecule has 4 bridgehead atoms. The summed E-state index contributed by atoms with van der Waals surface area (Å²) in [4.78, 5) is 29.2. The monoisotopic (exact) mass is 467 g/mol. The van der Waals surface area contributed by atoms with Gasteiger partial charge in [0.2, 0.25) is 5.60 Å². The van der Waals surface area contributed by atoms with Gasteiger partial charge in [-0.25, -0.2) is 4.98 Å². The average molecular weight is 468 g/mol. The number of benzene rings is 1. The van der Waals surface area contributed by atoms with E-state index in [4.69, 9.17) is 4.74 Å². The number of rotatable bonds is 6. The van der Waals surface area contributed by atoms with E-state index in [0.29, 0.717) is 39.3 Å². The maximum absolute atomic E-state index is 13.8. The normalized spacial score (nSPS) is 30.9. The van der Waals surface area contributed by atoms with Crippen LogP contribution in [-0.2, 0) is 19.9 Å². The maximum atomic E-state index is 13.8. The van der Waals surface area contributed by atoms with Gasteiger partial charge in [-0.1, -0.05) is 12.1 Å². The molecule has 1 aromatic carbocycles. The van der Waals surface area contributed by atoms with Crippen molar-refractivity contribution in [3.63, 3.8) is 0 Å². The molecule has 9 heteroatoms. The van der Waals surface area contributed by atoms with Crippen molar-refractivity contribution in [1.29, 1.82) is 0 Å². The third-order valence-electron chi connectivity index (χ3n) is 7.51. The van der Waals surface area contributed by atoms with Gasteiger partial charge >= 0.3 is 12.1 Å². The number of Topliss-reactive ketones (excluding diaryl/α,β-unsaturated/α-hetero) is 1. The van der Waals surface area contributed by atoms with E-state index in [9.17, 15) is 27.9 Å².